The smallest absolute Gasteiger partial charge is 0.223 e. The highest BCUT2D eigenvalue weighted by molar-refractivity contribution is 4.97. The fraction of sp³-hybridized carbons (Fsp3) is 0.857. The lowest BCUT2D eigenvalue weighted by atomic mass is 9.96. The molecule has 0 unspecified atom stereocenters. The molecule has 1 aliphatic rings. The van der Waals surface area contributed by atoms with Gasteiger partial charge >= 0.3 is 0 Å². The second kappa shape index (κ2) is 6.88. The summed E-state index contributed by atoms with van der Waals surface area (Å²) in [4.78, 5) is 6.93. The van der Waals surface area contributed by atoms with Gasteiger partial charge in [0.2, 0.25) is 5.89 Å². The maximum absolute atomic E-state index is 5.06. The number of aromatic nitrogens is 2. The summed E-state index contributed by atoms with van der Waals surface area (Å²) in [5, 5.41) is 4.05. The summed E-state index contributed by atoms with van der Waals surface area (Å²) >= 11 is 0. The molecule has 4 nitrogen and oxygen atoms in total. The van der Waals surface area contributed by atoms with Crippen LogP contribution in [0, 0.1) is 6.92 Å². The zero-order valence-electron chi connectivity index (χ0n) is 11.7. The van der Waals surface area contributed by atoms with Gasteiger partial charge in [-0.3, -0.25) is 0 Å². The third-order valence-corrected chi connectivity index (χ3v) is 3.82. The van der Waals surface area contributed by atoms with E-state index in [9.17, 15) is 0 Å². The Morgan fingerprint density at radius 3 is 2.61 bits per heavy atom. The van der Waals surface area contributed by atoms with Gasteiger partial charge in [0.1, 0.15) is 0 Å². The van der Waals surface area contributed by atoms with Crippen molar-refractivity contribution in [3.63, 3.8) is 0 Å². The van der Waals surface area contributed by atoms with Gasteiger partial charge in [-0.1, -0.05) is 31.3 Å². The molecule has 2 rings (SSSR count). The van der Waals surface area contributed by atoms with Gasteiger partial charge in [0.25, 0.3) is 0 Å². The van der Waals surface area contributed by atoms with Crippen molar-refractivity contribution in [3.05, 3.63) is 11.7 Å². The standard InChI is InChI=1S/C14H25N3O/c1-3-4-5-6-9-17-10-7-13(8-11-17)14-15-12(2)18-16-14/h13H,3-11H2,1-2H3. The Labute approximate surface area is 110 Å². The number of rotatable bonds is 6. The fourth-order valence-electron chi connectivity index (χ4n) is 2.66. The number of hydrogen-bond acceptors (Lipinski definition) is 4. The zero-order valence-corrected chi connectivity index (χ0v) is 11.7. The van der Waals surface area contributed by atoms with E-state index in [1.54, 1.807) is 0 Å². The van der Waals surface area contributed by atoms with E-state index in [1.165, 1.54) is 58.2 Å². The van der Waals surface area contributed by atoms with Gasteiger partial charge in [-0.2, -0.15) is 4.98 Å². The van der Waals surface area contributed by atoms with Crippen molar-refractivity contribution in [2.45, 2.75) is 58.3 Å². The Bertz CT molecular complexity index is 343. The molecular formula is C14H25N3O. The van der Waals surface area contributed by atoms with Crippen LogP contribution in [0.25, 0.3) is 0 Å². The number of likely N-dealkylation sites (tertiary alicyclic amines) is 1. The molecule has 2 heterocycles. The quantitative estimate of drug-likeness (QED) is 0.728. The fourth-order valence-corrected chi connectivity index (χ4v) is 2.66. The summed E-state index contributed by atoms with van der Waals surface area (Å²) in [6, 6.07) is 0. The average Bonchev–Trinajstić information content (AvgIpc) is 2.82. The van der Waals surface area contributed by atoms with Crippen LogP contribution < -0.4 is 0 Å². The monoisotopic (exact) mass is 251 g/mol. The van der Waals surface area contributed by atoms with Crippen LogP contribution in [0.3, 0.4) is 0 Å². The maximum atomic E-state index is 5.06. The van der Waals surface area contributed by atoms with Crippen LogP contribution in [0.2, 0.25) is 0 Å². The average molecular weight is 251 g/mol. The first kappa shape index (κ1) is 13.5. The van der Waals surface area contributed by atoms with Crippen molar-refractivity contribution in [3.8, 4) is 0 Å². The molecule has 0 radical (unpaired) electrons. The van der Waals surface area contributed by atoms with Crippen LogP contribution in [0.1, 0.15) is 63.1 Å². The number of hydrogen-bond donors (Lipinski definition) is 0. The number of piperidine rings is 1. The summed E-state index contributed by atoms with van der Waals surface area (Å²) in [7, 11) is 0. The first-order chi connectivity index (χ1) is 8.79. The Balaban J connectivity index is 1.68. The molecule has 0 saturated carbocycles. The Hall–Kier alpha value is -0.900. The van der Waals surface area contributed by atoms with Gasteiger partial charge in [0.05, 0.1) is 0 Å². The SMILES string of the molecule is CCCCCCN1CCC(c2noc(C)n2)CC1. The molecule has 4 heteroatoms. The predicted molar refractivity (Wildman–Crippen MR) is 71.6 cm³/mol. The van der Waals surface area contributed by atoms with E-state index in [4.69, 9.17) is 4.52 Å². The Kier molecular flexibility index (Phi) is 5.17. The van der Waals surface area contributed by atoms with Gasteiger partial charge in [0, 0.05) is 12.8 Å². The van der Waals surface area contributed by atoms with Gasteiger partial charge in [-0.25, -0.2) is 0 Å². The highest BCUT2D eigenvalue weighted by Crippen LogP contribution is 2.25. The van der Waals surface area contributed by atoms with E-state index in [1.807, 2.05) is 6.92 Å². The summed E-state index contributed by atoms with van der Waals surface area (Å²) in [6.45, 7) is 7.75. The van der Waals surface area contributed by atoms with Gasteiger partial charge < -0.3 is 9.42 Å². The predicted octanol–water partition coefficient (Wildman–Crippen LogP) is 3.14. The van der Waals surface area contributed by atoms with E-state index in [2.05, 4.69) is 22.0 Å². The number of unbranched alkanes of at least 4 members (excludes halogenated alkanes) is 3. The third kappa shape index (κ3) is 3.80. The first-order valence-corrected chi connectivity index (χ1v) is 7.32. The lowest BCUT2D eigenvalue weighted by Gasteiger charge is -2.30. The van der Waals surface area contributed by atoms with Crippen LogP contribution in [-0.4, -0.2) is 34.7 Å². The Morgan fingerprint density at radius 1 is 1.22 bits per heavy atom. The van der Waals surface area contributed by atoms with E-state index >= 15 is 0 Å². The van der Waals surface area contributed by atoms with E-state index in [0.717, 1.165) is 5.82 Å². The van der Waals surface area contributed by atoms with Gasteiger partial charge in [-0.15, -0.1) is 0 Å². The van der Waals surface area contributed by atoms with E-state index in [0.29, 0.717) is 11.8 Å². The summed E-state index contributed by atoms with van der Waals surface area (Å²) in [6.07, 6.45) is 7.76. The second-order valence-corrected chi connectivity index (χ2v) is 5.35. The Morgan fingerprint density at radius 2 is 2.00 bits per heavy atom. The highest BCUT2D eigenvalue weighted by Gasteiger charge is 2.23. The summed E-state index contributed by atoms with van der Waals surface area (Å²) < 4.78 is 5.06. The van der Waals surface area contributed by atoms with Crippen molar-refractivity contribution in [1.82, 2.24) is 15.0 Å². The lowest BCUT2D eigenvalue weighted by molar-refractivity contribution is 0.204. The molecule has 1 aromatic rings. The van der Waals surface area contributed by atoms with Crippen LogP contribution in [-0.2, 0) is 0 Å². The van der Waals surface area contributed by atoms with Gasteiger partial charge in [-0.05, 0) is 38.9 Å². The second-order valence-electron chi connectivity index (χ2n) is 5.35. The molecule has 0 amide bonds. The molecule has 1 aromatic heterocycles. The normalized spacial score (nSPS) is 18.3. The van der Waals surface area contributed by atoms with Crippen molar-refractivity contribution in [2.24, 2.45) is 0 Å². The molecule has 0 spiro atoms. The molecule has 102 valence electrons. The molecular weight excluding hydrogens is 226 g/mol. The molecule has 0 bridgehead atoms. The molecule has 1 aliphatic heterocycles. The molecule has 0 aromatic carbocycles. The minimum absolute atomic E-state index is 0.509. The summed E-state index contributed by atoms with van der Waals surface area (Å²) in [5.41, 5.74) is 0. The first-order valence-electron chi connectivity index (χ1n) is 7.32. The molecule has 0 atom stereocenters. The van der Waals surface area contributed by atoms with Crippen LogP contribution in [0.15, 0.2) is 4.52 Å². The highest BCUT2D eigenvalue weighted by atomic mass is 16.5. The van der Waals surface area contributed by atoms with Crippen LogP contribution >= 0.6 is 0 Å². The molecule has 18 heavy (non-hydrogen) atoms. The summed E-state index contributed by atoms with van der Waals surface area (Å²) in [5.74, 6) is 2.11. The molecule has 0 aliphatic carbocycles. The number of nitrogens with zero attached hydrogens (tertiary/aromatic N) is 3. The van der Waals surface area contributed by atoms with Crippen molar-refractivity contribution in [1.29, 1.82) is 0 Å². The molecule has 0 N–H and O–H groups in total. The largest absolute Gasteiger partial charge is 0.340 e. The van der Waals surface area contributed by atoms with Crippen LogP contribution in [0.4, 0.5) is 0 Å². The minimum Gasteiger partial charge on any atom is -0.340 e. The third-order valence-electron chi connectivity index (χ3n) is 3.82. The number of aryl methyl sites for hydroxylation is 1. The van der Waals surface area contributed by atoms with Crippen molar-refractivity contribution >= 4 is 0 Å². The van der Waals surface area contributed by atoms with Crippen molar-refractivity contribution in [2.75, 3.05) is 19.6 Å². The van der Waals surface area contributed by atoms with E-state index < -0.39 is 0 Å². The zero-order chi connectivity index (χ0) is 12.8. The lowest BCUT2D eigenvalue weighted by Crippen LogP contribution is -2.33. The molecule has 1 fully saturated rings. The van der Waals surface area contributed by atoms with Gasteiger partial charge in [0.15, 0.2) is 5.82 Å². The van der Waals surface area contributed by atoms with Crippen LogP contribution in [0.5, 0.6) is 0 Å². The van der Waals surface area contributed by atoms with Crippen molar-refractivity contribution < 1.29 is 4.52 Å². The maximum Gasteiger partial charge on any atom is 0.223 e. The molecule has 1 saturated heterocycles. The van der Waals surface area contributed by atoms with E-state index in [-0.39, 0.29) is 0 Å². The topological polar surface area (TPSA) is 42.2 Å². The minimum atomic E-state index is 0.509.